The molecule has 12 heavy (non-hydrogen) atoms. The fourth-order valence-corrected chi connectivity index (χ4v) is 1.87. The van der Waals surface area contributed by atoms with E-state index in [2.05, 4.69) is 0 Å². The molecule has 1 aliphatic rings. The minimum atomic E-state index is -1.58. The largest absolute Gasteiger partial charge is 0.247 e. The van der Waals surface area contributed by atoms with Crippen molar-refractivity contribution in [2.24, 2.45) is 5.92 Å². The van der Waals surface area contributed by atoms with Gasteiger partial charge < -0.3 is 0 Å². The fraction of sp³-hybridized carbons (Fsp3) is 1.00. The number of halogens is 3. The van der Waals surface area contributed by atoms with Crippen LogP contribution in [-0.4, -0.2) is 18.5 Å². The average Bonchev–Trinajstić information content (AvgIpc) is 2.00. The third-order valence-corrected chi connectivity index (χ3v) is 2.49. The van der Waals surface area contributed by atoms with Gasteiger partial charge in [0.15, 0.2) is 0 Å². The van der Waals surface area contributed by atoms with Crippen molar-refractivity contribution in [3.05, 3.63) is 0 Å². The molecule has 1 fully saturated rings. The molecule has 0 amide bonds. The van der Waals surface area contributed by atoms with Crippen LogP contribution in [0.25, 0.3) is 0 Å². The second kappa shape index (κ2) is 4.15. The van der Waals surface area contributed by atoms with Crippen molar-refractivity contribution in [1.29, 1.82) is 0 Å². The van der Waals surface area contributed by atoms with Crippen LogP contribution in [0.15, 0.2) is 0 Å². The monoisotopic (exact) mass is 180 g/mol. The molecule has 1 aliphatic carbocycles. The fourth-order valence-electron chi connectivity index (χ4n) is 1.87. The van der Waals surface area contributed by atoms with Gasteiger partial charge >= 0.3 is 0 Å². The van der Waals surface area contributed by atoms with Crippen molar-refractivity contribution in [2.75, 3.05) is 0 Å². The van der Waals surface area contributed by atoms with E-state index in [0.717, 1.165) is 6.42 Å². The Hall–Kier alpha value is -0.210. The van der Waals surface area contributed by atoms with Crippen molar-refractivity contribution in [1.82, 2.24) is 0 Å². The molecular weight excluding hydrogens is 165 g/mol. The molecule has 0 radical (unpaired) electrons. The molecule has 4 unspecified atom stereocenters. The summed E-state index contributed by atoms with van der Waals surface area (Å²) < 4.78 is 38.6. The highest BCUT2D eigenvalue weighted by Crippen LogP contribution is 2.33. The molecule has 0 heterocycles. The molecule has 1 rings (SSSR count). The Morgan fingerprint density at radius 2 is 1.83 bits per heavy atom. The summed E-state index contributed by atoms with van der Waals surface area (Å²) in [5.74, 6) is -0.395. The van der Waals surface area contributed by atoms with Crippen molar-refractivity contribution in [3.63, 3.8) is 0 Å². The van der Waals surface area contributed by atoms with Crippen molar-refractivity contribution in [2.45, 2.75) is 51.1 Å². The van der Waals surface area contributed by atoms with Crippen LogP contribution in [0.5, 0.6) is 0 Å². The van der Waals surface area contributed by atoms with Gasteiger partial charge in [-0.2, -0.15) is 0 Å². The molecule has 0 saturated heterocycles. The molecule has 3 heteroatoms. The van der Waals surface area contributed by atoms with Gasteiger partial charge in [-0.3, -0.25) is 0 Å². The Morgan fingerprint density at radius 1 is 1.17 bits per heavy atom. The van der Waals surface area contributed by atoms with E-state index in [4.69, 9.17) is 0 Å². The predicted octanol–water partition coefficient (Wildman–Crippen LogP) is 3.21. The minimum Gasteiger partial charge on any atom is -0.247 e. The second-order valence-corrected chi connectivity index (χ2v) is 3.58. The van der Waals surface area contributed by atoms with Gasteiger partial charge in [0.1, 0.15) is 18.5 Å². The van der Waals surface area contributed by atoms with E-state index in [1.807, 2.05) is 6.92 Å². The van der Waals surface area contributed by atoms with Crippen molar-refractivity contribution < 1.29 is 13.2 Å². The zero-order chi connectivity index (χ0) is 9.14. The van der Waals surface area contributed by atoms with Gasteiger partial charge in [-0.1, -0.05) is 13.3 Å². The first-order valence-corrected chi connectivity index (χ1v) is 4.57. The van der Waals surface area contributed by atoms with Crippen LogP contribution in [0.2, 0.25) is 0 Å². The van der Waals surface area contributed by atoms with Crippen LogP contribution in [0, 0.1) is 5.92 Å². The molecule has 1 saturated carbocycles. The second-order valence-electron chi connectivity index (χ2n) is 3.58. The lowest BCUT2D eigenvalue weighted by atomic mass is 9.82. The highest BCUT2D eigenvalue weighted by molar-refractivity contribution is 4.86. The van der Waals surface area contributed by atoms with E-state index in [1.165, 1.54) is 0 Å². The maximum Gasteiger partial charge on any atom is 0.134 e. The Kier molecular flexibility index (Phi) is 3.41. The zero-order valence-corrected chi connectivity index (χ0v) is 7.27. The van der Waals surface area contributed by atoms with Gasteiger partial charge in [-0.05, 0) is 18.8 Å². The quantitative estimate of drug-likeness (QED) is 0.612. The van der Waals surface area contributed by atoms with Gasteiger partial charge in [0.2, 0.25) is 0 Å². The molecule has 0 bridgehead atoms. The topological polar surface area (TPSA) is 0 Å². The first-order valence-electron chi connectivity index (χ1n) is 4.57. The molecule has 0 N–H and O–H groups in total. The van der Waals surface area contributed by atoms with Gasteiger partial charge in [0.25, 0.3) is 0 Å². The maximum absolute atomic E-state index is 13.1. The summed E-state index contributed by atoms with van der Waals surface area (Å²) in [7, 11) is 0. The van der Waals surface area contributed by atoms with Crippen LogP contribution in [0.3, 0.4) is 0 Å². The van der Waals surface area contributed by atoms with E-state index >= 15 is 0 Å². The molecule has 4 atom stereocenters. The summed E-state index contributed by atoms with van der Waals surface area (Å²) in [4.78, 5) is 0. The Labute approximate surface area is 71.1 Å². The molecular formula is C9H15F3. The first-order chi connectivity index (χ1) is 5.65. The Balaban J connectivity index is 2.47. The van der Waals surface area contributed by atoms with Crippen LogP contribution in [-0.2, 0) is 0 Å². The maximum atomic E-state index is 13.1. The lowest BCUT2D eigenvalue weighted by Crippen LogP contribution is -2.36. The highest BCUT2D eigenvalue weighted by atomic mass is 19.2. The summed E-state index contributed by atoms with van der Waals surface area (Å²) >= 11 is 0. The van der Waals surface area contributed by atoms with E-state index in [1.54, 1.807) is 0 Å². The lowest BCUT2D eigenvalue weighted by Gasteiger charge is -2.30. The normalized spacial score (nSPS) is 43.0. The third-order valence-electron chi connectivity index (χ3n) is 2.49. The SMILES string of the molecule is CCCC1CC(F)CC(F)C1F. The first kappa shape index (κ1) is 9.87. The van der Waals surface area contributed by atoms with E-state index < -0.39 is 24.4 Å². The summed E-state index contributed by atoms with van der Waals surface area (Å²) in [5, 5.41) is 0. The molecule has 0 aromatic heterocycles. The molecule has 72 valence electrons. The van der Waals surface area contributed by atoms with Crippen LogP contribution in [0.4, 0.5) is 13.2 Å². The van der Waals surface area contributed by atoms with Crippen LogP contribution < -0.4 is 0 Å². The third kappa shape index (κ3) is 2.14. The number of hydrogen-bond donors (Lipinski definition) is 0. The van der Waals surface area contributed by atoms with Gasteiger partial charge in [0.05, 0.1) is 0 Å². The van der Waals surface area contributed by atoms with Crippen molar-refractivity contribution >= 4 is 0 Å². The van der Waals surface area contributed by atoms with Crippen LogP contribution in [0.1, 0.15) is 32.6 Å². The summed E-state index contributed by atoms with van der Waals surface area (Å²) in [6, 6.07) is 0. The standard InChI is InChI=1S/C9H15F3/c1-2-3-6-4-7(10)5-8(11)9(6)12/h6-9H,2-5H2,1H3. The average molecular weight is 180 g/mol. The number of rotatable bonds is 2. The number of hydrogen-bond acceptors (Lipinski definition) is 0. The molecule has 0 spiro atoms. The Morgan fingerprint density at radius 3 is 2.42 bits per heavy atom. The smallest absolute Gasteiger partial charge is 0.134 e. The zero-order valence-electron chi connectivity index (χ0n) is 7.27. The van der Waals surface area contributed by atoms with Gasteiger partial charge in [0, 0.05) is 6.42 Å². The van der Waals surface area contributed by atoms with E-state index in [0.29, 0.717) is 6.42 Å². The Bertz CT molecular complexity index is 138. The lowest BCUT2D eigenvalue weighted by molar-refractivity contribution is 0.0218. The molecule has 0 nitrogen and oxygen atoms in total. The summed E-state index contributed by atoms with van der Waals surface area (Å²) in [5.41, 5.74) is 0. The van der Waals surface area contributed by atoms with Gasteiger partial charge in [-0.25, -0.2) is 13.2 Å². The molecule has 0 aromatic carbocycles. The predicted molar refractivity (Wildman–Crippen MR) is 42.3 cm³/mol. The molecule has 0 aliphatic heterocycles. The highest BCUT2D eigenvalue weighted by Gasteiger charge is 2.37. The van der Waals surface area contributed by atoms with Crippen LogP contribution >= 0.6 is 0 Å². The summed E-state index contributed by atoms with van der Waals surface area (Å²) in [6.45, 7) is 1.90. The van der Waals surface area contributed by atoms with Gasteiger partial charge in [-0.15, -0.1) is 0 Å². The van der Waals surface area contributed by atoms with E-state index in [-0.39, 0.29) is 12.8 Å². The summed E-state index contributed by atoms with van der Waals surface area (Å²) in [6.07, 6.45) is -2.80. The van der Waals surface area contributed by atoms with Crippen molar-refractivity contribution in [3.8, 4) is 0 Å². The molecule has 0 aromatic rings. The minimum absolute atomic E-state index is 0.204. The number of alkyl halides is 3. The van der Waals surface area contributed by atoms with E-state index in [9.17, 15) is 13.2 Å².